The predicted octanol–water partition coefficient (Wildman–Crippen LogP) is 17.1. The molecule has 1 spiro atoms. The van der Waals surface area contributed by atoms with Crippen LogP contribution in [0, 0.1) is 5.92 Å². The van der Waals surface area contributed by atoms with Crippen LogP contribution in [0.4, 0.5) is 11.4 Å². The standard InChI is InChI=1S/C67H46N2/c1-3-17-45(18-4-1)46-33-36-52(37-34-46)68(54-38-39-58-57-27-9-13-31-63(57)67(64(58)44-54)61-29-11-7-25-55(61)56-26-8-12-30-62(56)67)53-24-16-21-49(42-53)47-19-15-20-48(41-47)50-35-40-66-60(43-50)59-28-10-14-32-65(59)69(66)51-22-5-2-6-23-51/h1-44,58,64H. The molecule has 0 saturated heterocycles. The Morgan fingerprint density at radius 3 is 1.68 bits per heavy atom. The van der Waals surface area contributed by atoms with Gasteiger partial charge in [0.2, 0.25) is 0 Å². The minimum Gasteiger partial charge on any atom is -0.311 e. The minimum atomic E-state index is -0.324. The Morgan fingerprint density at radius 2 is 0.928 bits per heavy atom. The van der Waals surface area contributed by atoms with Crippen molar-refractivity contribution >= 4 is 33.2 Å². The third-order valence-electron chi connectivity index (χ3n) is 15.3. The summed E-state index contributed by atoms with van der Waals surface area (Å²) in [6.45, 7) is 0. The lowest BCUT2D eigenvalue weighted by Gasteiger charge is -2.38. The summed E-state index contributed by atoms with van der Waals surface area (Å²) in [5.41, 5.74) is 22.1. The van der Waals surface area contributed by atoms with Crippen LogP contribution in [0.15, 0.2) is 273 Å². The number of rotatable bonds is 7. The summed E-state index contributed by atoms with van der Waals surface area (Å²) in [6.07, 6.45) is 7.48. The highest BCUT2D eigenvalue weighted by Gasteiger charge is 2.57. The summed E-state index contributed by atoms with van der Waals surface area (Å²) in [5.74, 6) is 0.388. The van der Waals surface area contributed by atoms with Crippen molar-refractivity contribution in [3.8, 4) is 50.2 Å². The maximum absolute atomic E-state index is 2.60. The fourth-order valence-electron chi connectivity index (χ4n) is 12.3. The van der Waals surface area contributed by atoms with E-state index in [9.17, 15) is 0 Å². The van der Waals surface area contributed by atoms with Crippen molar-refractivity contribution in [2.75, 3.05) is 4.90 Å². The summed E-state index contributed by atoms with van der Waals surface area (Å²) < 4.78 is 2.38. The number of para-hydroxylation sites is 2. The van der Waals surface area contributed by atoms with Crippen molar-refractivity contribution in [2.45, 2.75) is 11.3 Å². The van der Waals surface area contributed by atoms with Crippen LogP contribution in [0.5, 0.6) is 0 Å². The Kier molecular flexibility index (Phi) is 8.97. The molecule has 2 unspecified atom stereocenters. The van der Waals surface area contributed by atoms with Gasteiger partial charge in [-0.25, -0.2) is 0 Å². The SMILES string of the molecule is C1=CC2c3ccccc3C3(c4ccccc4-c4ccccc43)C2C=C1N(c1ccc(-c2ccccc2)cc1)c1cccc(-c2cccc(-c3ccc4c(c3)c3ccccc3n4-c3ccccc3)c2)c1. The van der Waals surface area contributed by atoms with E-state index in [4.69, 9.17) is 0 Å². The molecule has 0 N–H and O–H groups in total. The van der Waals surface area contributed by atoms with E-state index in [1.54, 1.807) is 0 Å². The van der Waals surface area contributed by atoms with Crippen LogP contribution in [0.2, 0.25) is 0 Å². The molecule has 2 atom stereocenters. The highest BCUT2D eigenvalue weighted by Crippen LogP contribution is 2.65. The third kappa shape index (κ3) is 6.05. The van der Waals surface area contributed by atoms with Crippen molar-refractivity contribution in [2.24, 2.45) is 5.92 Å². The molecule has 3 aliphatic rings. The van der Waals surface area contributed by atoms with Gasteiger partial charge in [0, 0.05) is 45.4 Å². The van der Waals surface area contributed by atoms with Crippen LogP contribution in [-0.4, -0.2) is 4.57 Å². The molecule has 10 aromatic carbocycles. The first kappa shape index (κ1) is 39.4. The van der Waals surface area contributed by atoms with Crippen molar-refractivity contribution in [3.05, 3.63) is 295 Å². The van der Waals surface area contributed by atoms with Crippen LogP contribution in [0.3, 0.4) is 0 Å². The molecule has 2 heteroatoms. The highest BCUT2D eigenvalue weighted by atomic mass is 15.1. The molecular formula is C67H46N2. The van der Waals surface area contributed by atoms with E-state index < -0.39 is 0 Å². The van der Waals surface area contributed by atoms with Gasteiger partial charge in [0.05, 0.1) is 16.4 Å². The van der Waals surface area contributed by atoms with E-state index in [1.165, 1.54) is 100.0 Å². The summed E-state index contributed by atoms with van der Waals surface area (Å²) in [7, 11) is 0. The number of nitrogens with zero attached hydrogens (tertiary/aromatic N) is 2. The van der Waals surface area contributed by atoms with Gasteiger partial charge in [-0.05, 0) is 134 Å². The zero-order valence-corrected chi connectivity index (χ0v) is 38.0. The third-order valence-corrected chi connectivity index (χ3v) is 15.3. The number of hydrogen-bond acceptors (Lipinski definition) is 1. The van der Waals surface area contributed by atoms with E-state index in [0.717, 1.165) is 11.4 Å². The second kappa shape index (κ2) is 15.7. The van der Waals surface area contributed by atoms with Gasteiger partial charge < -0.3 is 9.47 Å². The summed E-state index contributed by atoms with van der Waals surface area (Å²) in [4.78, 5) is 2.48. The van der Waals surface area contributed by atoms with E-state index in [-0.39, 0.29) is 17.3 Å². The first-order valence-corrected chi connectivity index (χ1v) is 24.2. The summed E-state index contributed by atoms with van der Waals surface area (Å²) in [5, 5.41) is 2.51. The highest BCUT2D eigenvalue weighted by molar-refractivity contribution is 6.10. The van der Waals surface area contributed by atoms with Gasteiger partial charge in [0.1, 0.15) is 0 Å². The van der Waals surface area contributed by atoms with Crippen LogP contribution < -0.4 is 4.90 Å². The lowest BCUT2D eigenvalue weighted by atomic mass is 9.65. The van der Waals surface area contributed by atoms with Crippen LogP contribution >= 0.6 is 0 Å². The fraction of sp³-hybridized carbons (Fsp3) is 0.0448. The Morgan fingerprint density at radius 1 is 0.377 bits per heavy atom. The Labute approximate surface area is 403 Å². The zero-order chi connectivity index (χ0) is 45.5. The normalized spacial score (nSPS) is 16.0. The molecule has 2 nitrogen and oxygen atoms in total. The van der Waals surface area contributed by atoms with Gasteiger partial charge in [-0.3, -0.25) is 0 Å². The first-order valence-electron chi connectivity index (χ1n) is 24.2. The zero-order valence-electron chi connectivity index (χ0n) is 38.0. The number of anilines is 2. The fourth-order valence-corrected chi connectivity index (χ4v) is 12.3. The average Bonchev–Trinajstić information content (AvgIpc) is 4.03. The largest absolute Gasteiger partial charge is 0.311 e. The number of benzene rings is 10. The van der Waals surface area contributed by atoms with Crippen molar-refractivity contribution < 1.29 is 0 Å². The molecule has 1 aromatic heterocycles. The van der Waals surface area contributed by atoms with Crippen molar-refractivity contribution in [3.63, 3.8) is 0 Å². The number of hydrogen-bond donors (Lipinski definition) is 0. The molecule has 0 aliphatic heterocycles. The van der Waals surface area contributed by atoms with Crippen molar-refractivity contribution in [1.82, 2.24) is 4.57 Å². The number of allylic oxidation sites excluding steroid dienone is 3. The van der Waals surface area contributed by atoms with E-state index in [2.05, 4.69) is 276 Å². The summed E-state index contributed by atoms with van der Waals surface area (Å²) in [6, 6.07) is 91.9. The van der Waals surface area contributed by atoms with Crippen molar-refractivity contribution in [1.29, 1.82) is 0 Å². The molecule has 0 radical (unpaired) electrons. The second-order valence-electron chi connectivity index (χ2n) is 18.8. The quantitative estimate of drug-likeness (QED) is 0.155. The average molecular weight is 879 g/mol. The molecule has 0 saturated carbocycles. The lowest BCUT2D eigenvalue weighted by molar-refractivity contribution is 0.462. The molecule has 0 amide bonds. The monoisotopic (exact) mass is 878 g/mol. The molecule has 324 valence electrons. The van der Waals surface area contributed by atoms with Gasteiger partial charge in [0.25, 0.3) is 0 Å². The minimum absolute atomic E-state index is 0.157. The van der Waals surface area contributed by atoms with Gasteiger partial charge in [-0.15, -0.1) is 0 Å². The van der Waals surface area contributed by atoms with Gasteiger partial charge >= 0.3 is 0 Å². The second-order valence-corrected chi connectivity index (χ2v) is 18.8. The first-order chi connectivity index (χ1) is 34.2. The van der Waals surface area contributed by atoms with Crippen LogP contribution in [-0.2, 0) is 5.41 Å². The van der Waals surface area contributed by atoms with Gasteiger partial charge in [-0.1, -0.05) is 200 Å². The molecule has 11 aromatic rings. The Hall–Kier alpha value is -8.72. The molecule has 0 fully saturated rings. The van der Waals surface area contributed by atoms with E-state index >= 15 is 0 Å². The Bertz CT molecular complexity index is 3810. The molecule has 14 rings (SSSR count). The van der Waals surface area contributed by atoms with E-state index in [1.807, 2.05) is 0 Å². The van der Waals surface area contributed by atoms with Gasteiger partial charge in [-0.2, -0.15) is 0 Å². The predicted molar refractivity (Wildman–Crippen MR) is 287 cm³/mol. The maximum atomic E-state index is 2.60. The molecule has 69 heavy (non-hydrogen) atoms. The van der Waals surface area contributed by atoms with Crippen LogP contribution in [0.25, 0.3) is 72.0 Å². The molecular weight excluding hydrogens is 833 g/mol. The van der Waals surface area contributed by atoms with E-state index in [0.29, 0.717) is 0 Å². The number of fused-ring (bicyclic) bond motifs is 13. The maximum Gasteiger partial charge on any atom is 0.0541 e. The number of aromatic nitrogens is 1. The smallest absolute Gasteiger partial charge is 0.0541 e. The van der Waals surface area contributed by atoms with Crippen LogP contribution in [0.1, 0.15) is 28.2 Å². The van der Waals surface area contributed by atoms with Gasteiger partial charge in [0.15, 0.2) is 0 Å². The molecule has 1 heterocycles. The lowest BCUT2D eigenvalue weighted by Crippen LogP contribution is -2.34. The summed E-state index contributed by atoms with van der Waals surface area (Å²) >= 11 is 0. The molecule has 0 bridgehead atoms. The molecule has 3 aliphatic carbocycles. The Balaban J connectivity index is 0.898. The topological polar surface area (TPSA) is 8.17 Å².